The molecule has 110 valence electrons. The number of carboxylic acid groups (broad SMARTS) is 1. The predicted molar refractivity (Wildman–Crippen MR) is 74.7 cm³/mol. The minimum Gasteiger partial charge on any atom is -0.480 e. The molecule has 0 bridgehead atoms. The first-order valence-corrected chi connectivity index (χ1v) is 8.04. The van der Waals surface area contributed by atoms with Crippen molar-refractivity contribution in [3.63, 3.8) is 0 Å². The summed E-state index contributed by atoms with van der Waals surface area (Å²) >= 11 is 0. The fourth-order valence-electron chi connectivity index (χ4n) is 2.25. The molecule has 0 atom stereocenters. The Morgan fingerprint density at radius 1 is 1.10 bits per heavy atom. The Hall–Kier alpha value is -1.44. The minimum atomic E-state index is -3.67. The number of nitrogens with zero attached hydrogens (tertiary/aromatic N) is 2. The lowest BCUT2D eigenvalue weighted by atomic mass is 10.2. The number of hydrogen-bond acceptors (Lipinski definition) is 4. The fourth-order valence-corrected chi connectivity index (χ4v) is 3.47. The first-order chi connectivity index (χ1) is 9.47. The summed E-state index contributed by atoms with van der Waals surface area (Å²) in [6.45, 7) is 2.72. The van der Waals surface area contributed by atoms with Crippen LogP contribution in [0.2, 0.25) is 0 Å². The van der Waals surface area contributed by atoms with Crippen LogP contribution in [0.5, 0.6) is 0 Å². The summed E-state index contributed by atoms with van der Waals surface area (Å²) in [4.78, 5) is 12.7. The molecule has 1 aromatic carbocycles. The summed E-state index contributed by atoms with van der Waals surface area (Å²) in [5, 5.41) is 8.61. The van der Waals surface area contributed by atoms with Gasteiger partial charge in [0, 0.05) is 32.7 Å². The Bertz CT molecular complexity index is 551. The van der Waals surface area contributed by atoms with Gasteiger partial charge in [-0.2, -0.15) is 4.31 Å². The summed E-state index contributed by atoms with van der Waals surface area (Å²) in [5.41, 5.74) is 1.19. The van der Waals surface area contributed by atoms with Gasteiger partial charge in [0.25, 0.3) is 0 Å². The van der Waals surface area contributed by atoms with Crippen LogP contribution in [0.15, 0.2) is 30.3 Å². The normalized spacial score (nSPS) is 18.0. The molecule has 2 rings (SSSR count). The standard InChI is InChI=1S/C13H18N2O4S/c16-13(17)11-20(18,19)15-8-6-14(7-9-15)10-12-4-2-1-3-5-12/h1-5H,6-11H2,(H,16,17). The lowest BCUT2D eigenvalue weighted by Crippen LogP contribution is -2.49. The third kappa shape index (κ3) is 4.03. The fraction of sp³-hybridized carbons (Fsp3) is 0.462. The predicted octanol–water partition coefficient (Wildman–Crippen LogP) is 0.219. The van der Waals surface area contributed by atoms with E-state index in [2.05, 4.69) is 4.90 Å². The van der Waals surface area contributed by atoms with E-state index in [-0.39, 0.29) is 0 Å². The third-order valence-corrected chi connectivity index (χ3v) is 5.04. The zero-order chi connectivity index (χ0) is 14.6. The quantitative estimate of drug-likeness (QED) is 0.841. The molecule has 6 nitrogen and oxygen atoms in total. The Morgan fingerprint density at radius 2 is 1.70 bits per heavy atom. The van der Waals surface area contributed by atoms with Gasteiger partial charge in [-0.15, -0.1) is 0 Å². The third-order valence-electron chi connectivity index (χ3n) is 3.28. The van der Waals surface area contributed by atoms with Crippen LogP contribution in [0.4, 0.5) is 0 Å². The Morgan fingerprint density at radius 3 is 2.25 bits per heavy atom. The van der Waals surface area contributed by atoms with Crippen LogP contribution in [-0.2, 0) is 21.4 Å². The lowest BCUT2D eigenvalue weighted by Gasteiger charge is -2.33. The Labute approximate surface area is 118 Å². The summed E-state index contributed by atoms with van der Waals surface area (Å²) in [6.07, 6.45) is 0. The van der Waals surface area contributed by atoms with E-state index in [1.165, 1.54) is 9.87 Å². The van der Waals surface area contributed by atoms with Crippen LogP contribution in [0.3, 0.4) is 0 Å². The summed E-state index contributed by atoms with van der Waals surface area (Å²) in [7, 11) is -3.67. The zero-order valence-electron chi connectivity index (χ0n) is 11.1. The molecule has 0 radical (unpaired) electrons. The number of aliphatic carboxylic acids is 1. The summed E-state index contributed by atoms with van der Waals surface area (Å²) < 4.78 is 24.8. The van der Waals surface area contributed by atoms with Crippen molar-refractivity contribution in [2.24, 2.45) is 0 Å². The molecule has 7 heteroatoms. The Balaban J connectivity index is 1.88. The van der Waals surface area contributed by atoms with Gasteiger partial charge in [0.15, 0.2) is 5.75 Å². The molecule has 1 aliphatic heterocycles. The first-order valence-electron chi connectivity index (χ1n) is 6.43. The Kier molecular flexibility index (Phi) is 4.74. The second-order valence-electron chi connectivity index (χ2n) is 4.81. The number of benzene rings is 1. The van der Waals surface area contributed by atoms with Crippen molar-refractivity contribution in [2.75, 3.05) is 31.9 Å². The number of hydrogen-bond donors (Lipinski definition) is 1. The van der Waals surface area contributed by atoms with E-state index in [9.17, 15) is 13.2 Å². The molecule has 1 aromatic rings. The number of carbonyl (C=O) groups is 1. The maximum atomic E-state index is 11.8. The van der Waals surface area contributed by atoms with Gasteiger partial charge in [-0.1, -0.05) is 30.3 Å². The largest absolute Gasteiger partial charge is 0.480 e. The van der Waals surface area contributed by atoms with Crippen molar-refractivity contribution >= 4 is 16.0 Å². The molecule has 1 aliphatic rings. The molecular formula is C13H18N2O4S. The molecule has 1 N–H and O–H groups in total. The van der Waals surface area contributed by atoms with Gasteiger partial charge in [0.05, 0.1) is 0 Å². The van der Waals surface area contributed by atoms with Crippen molar-refractivity contribution in [2.45, 2.75) is 6.54 Å². The molecule has 20 heavy (non-hydrogen) atoms. The average Bonchev–Trinajstić information content (AvgIpc) is 2.39. The highest BCUT2D eigenvalue weighted by atomic mass is 32.2. The van der Waals surface area contributed by atoms with Crippen LogP contribution in [0.25, 0.3) is 0 Å². The van der Waals surface area contributed by atoms with Crippen molar-refractivity contribution in [3.05, 3.63) is 35.9 Å². The second-order valence-corrected chi connectivity index (χ2v) is 6.78. The molecule has 0 unspecified atom stereocenters. The van der Waals surface area contributed by atoms with E-state index in [1.54, 1.807) is 0 Å². The topological polar surface area (TPSA) is 77.9 Å². The van der Waals surface area contributed by atoms with Crippen molar-refractivity contribution in [3.8, 4) is 0 Å². The maximum absolute atomic E-state index is 11.8. The number of rotatable bonds is 5. The molecule has 0 saturated carbocycles. The van der Waals surface area contributed by atoms with Gasteiger partial charge in [-0.3, -0.25) is 9.69 Å². The molecule has 0 amide bonds. The van der Waals surface area contributed by atoms with E-state index in [0.29, 0.717) is 26.2 Å². The zero-order valence-corrected chi connectivity index (χ0v) is 11.9. The van der Waals surface area contributed by atoms with Crippen LogP contribution in [0, 0.1) is 0 Å². The van der Waals surface area contributed by atoms with Crippen LogP contribution in [-0.4, -0.2) is 60.6 Å². The van der Waals surface area contributed by atoms with Crippen molar-refractivity contribution in [1.29, 1.82) is 0 Å². The van der Waals surface area contributed by atoms with E-state index in [1.807, 2.05) is 30.3 Å². The van der Waals surface area contributed by atoms with Crippen LogP contribution >= 0.6 is 0 Å². The lowest BCUT2D eigenvalue weighted by molar-refractivity contribution is -0.134. The number of sulfonamides is 1. The molecular weight excluding hydrogens is 280 g/mol. The minimum absolute atomic E-state index is 0.350. The average molecular weight is 298 g/mol. The molecule has 0 spiro atoms. The number of carboxylic acids is 1. The van der Waals surface area contributed by atoms with Crippen LogP contribution in [0.1, 0.15) is 5.56 Å². The maximum Gasteiger partial charge on any atom is 0.320 e. The summed E-state index contributed by atoms with van der Waals surface area (Å²) in [5.74, 6) is -2.14. The highest BCUT2D eigenvalue weighted by Gasteiger charge is 2.28. The van der Waals surface area contributed by atoms with Crippen molar-refractivity contribution in [1.82, 2.24) is 9.21 Å². The molecule has 1 saturated heterocycles. The van der Waals surface area contributed by atoms with Gasteiger partial charge in [0.1, 0.15) is 0 Å². The molecule has 0 aromatic heterocycles. The van der Waals surface area contributed by atoms with E-state index in [4.69, 9.17) is 5.11 Å². The van der Waals surface area contributed by atoms with E-state index >= 15 is 0 Å². The van der Waals surface area contributed by atoms with E-state index in [0.717, 1.165) is 6.54 Å². The van der Waals surface area contributed by atoms with Gasteiger partial charge >= 0.3 is 5.97 Å². The van der Waals surface area contributed by atoms with E-state index < -0.39 is 21.7 Å². The summed E-state index contributed by atoms with van der Waals surface area (Å²) in [6, 6.07) is 9.98. The van der Waals surface area contributed by atoms with Gasteiger partial charge in [-0.05, 0) is 5.56 Å². The highest BCUT2D eigenvalue weighted by molar-refractivity contribution is 7.89. The van der Waals surface area contributed by atoms with Gasteiger partial charge < -0.3 is 5.11 Å². The SMILES string of the molecule is O=C(O)CS(=O)(=O)N1CCN(Cc2ccccc2)CC1. The van der Waals surface area contributed by atoms with Gasteiger partial charge in [-0.25, -0.2) is 8.42 Å². The smallest absolute Gasteiger partial charge is 0.320 e. The molecule has 1 fully saturated rings. The number of piperazine rings is 1. The highest BCUT2D eigenvalue weighted by Crippen LogP contribution is 2.11. The van der Waals surface area contributed by atoms with Crippen LogP contribution < -0.4 is 0 Å². The first kappa shape index (κ1) is 15.0. The molecule has 0 aliphatic carbocycles. The van der Waals surface area contributed by atoms with Crippen molar-refractivity contribution < 1.29 is 18.3 Å². The second kappa shape index (κ2) is 6.34. The van der Waals surface area contributed by atoms with Gasteiger partial charge in [0.2, 0.25) is 10.0 Å². The monoisotopic (exact) mass is 298 g/mol. The molecule has 1 heterocycles.